The topological polar surface area (TPSA) is 22.1 Å². The SMILES string of the molecule is Clc1ccc(C2CC3(COC3)C2c2ccc3ncccc3c2)cc1. The molecule has 2 unspecified atom stereocenters. The van der Waals surface area contributed by atoms with Crippen LogP contribution in [0.25, 0.3) is 10.9 Å². The molecule has 2 fully saturated rings. The van der Waals surface area contributed by atoms with Crippen molar-refractivity contribution in [2.45, 2.75) is 18.3 Å². The van der Waals surface area contributed by atoms with Crippen molar-refractivity contribution in [2.24, 2.45) is 5.41 Å². The van der Waals surface area contributed by atoms with Crippen LogP contribution in [0.3, 0.4) is 0 Å². The van der Waals surface area contributed by atoms with E-state index in [0.29, 0.717) is 17.3 Å². The van der Waals surface area contributed by atoms with Gasteiger partial charge in [0, 0.05) is 27.9 Å². The molecule has 3 aromatic rings. The Morgan fingerprint density at radius 2 is 1.79 bits per heavy atom. The summed E-state index contributed by atoms with van der Waals surface area (Å²) in [5, 5.41) is 2.01. The van der Waals surface area contributed by atoms with Gasteiger partial charge in [0.2, 0.25) is 0 Å². The summed E-state index contributed by atoms with van der Waals surface area (Å²) in [6.45, 7) is 1.76. The average molecular weight is 336 g/mol. The van der Waals surface area contributed by atoms with Gasteiger partial charge < -0.3 is 4.74 Å². The maximum absolute atomic E-state index is 6.06. The maximum atomic E-state index is 6.06. The van der Waals surface area contributed by atoms with E-state index in [0.717, 1.165) is 23.8 Å². The Morgan fingerprint density at radius 3 is 2.54 bits per heavy atom. The first-order valence-corrected chi connectivity index (χ1v) is 8.81. The van der Waals surface area contributed by atoms with Crippen LogP contribution in [0.4, 0.5) is 0 Å². The molecule has 2 aromatic carbocycles. The van der Waals surface area contributed by atoms with Gasteiger partial charge in [-0.3, -0.25) is 4.98 Å². The Balaban J connectivity index is 1.57. The molecule has 0 radical (unpaired) electrons. The molecule has 0 bridgehead atoms. The Hall–Kier alpha value is -1.90. The van der Waals surface area contributed by atoms with Gasteiger partial charge in [0.25, 0.3) is 0 Å². The number of hydrogen-bond donors (Lipinski definition) is 0. The van der Waals surface area contributed by atoms with Crippen molar-refractivity contribution in [2.75, 3.05) is 13.2 Å². The van der Waals surface area contributed by atoms with Crippen molar-refractivity contribution >= 4 is 22.5 Å². The van der Waals surface area contributed by atoms with Crippen LogP contribution in [0.5, 0.6) is 0 Å². The largest absolute Gasteiger partial charge is 0.380 e. The van der Waals surface area contributed by atoms with Crippen LogP contribution in [0.15, 0.2) is 60.8 Å². The highest BCUT2D eigenvalue weighted by molar-refractivity contribution is 6.30. The van der Waals surface area contributed by atoms with Gasteiger partial charge in [-0.15, -0.1) is 0 Å². The maximum Gasteiger partial charge on any atom is 0.0702 e. The van der Waals surface area contributed by atoms with Crippen molar-refractivity contribution in [3.05, 3.63) is 76.9 Å². The predicted molar refractivity (Wildman–Crippen MR) is 96.5 cm³/mol. The number of pyridine rings is 1. The Kier molecular flexibility index (Phi) is 3.19. The molecule has 2 aliphatic rings. The highest BCUT2D eigenvalue weighted by atomic mass is 35.5. The third-order valence-corrected chi connectivity index (χ3v) is 6.00. The van der Waals surface area contributed by atoms with Gasteiger partial charge in [-0.2, -0.15) is 0 Å². The molecule has 2 heterocycles. The second kappa shape index (κ2) is 5.30. The van der Waals surface area contributed by atoms with E-state index >= 15 is 0 Å². The van der Waals surface area contributed by atoms with Gasteiger partial charge in [0.1, 0.15) is 0 Å². The summed E-state index contributed by atoms with van der Waals surface area (Å²) in [6, 6.07) is 19.2. The minimum absolute atomic E-state index is 0.320. The second-order valence-electron chi connectivity index (χ2n) is 7.15. The number of rotatable bonds is 2. The molecule has 5 rings (SSSR count). The lowest BCUT2D eigenvalue weighted by molar-refractivity contribution is -0.180. The second-order valence-corrected chi connectivity index (χ2v) is 7.59. The summed E-state index contributed by atoms with van der Waals surface area (Å²) in [5.74, 6) is 1.05. The highest BCUT2D eigenvalue weighted by Crippen LogP contribution is 2.64. The number of halogens is 1. The number of benzene rings is 2. The summed E-state index contributed by atoms with van der Waals surface area (Å²) < 4.78 is 5.59. The lowest BCUT2D eigenvalue weighted by atomic mass is 9.49. The zero-order valence-corrected chi connectivity index (χ0v) is 14.0. The molecule has 0 amide bonds. The van der Waals surface area contributed by atoms with Gasteiger partial charge in [0.15, 0.2) is 0 Å². The lowest BCUT2D eigenvalue weighted by Gasteiger charge is -2.60. The summed E-state index contributed by atoms with van der Waals surface area (Å²) in [7, 11) is 0. The number of fused-ring (bicyclic) bond motifs is 1. The third kappa shape index (κ3) is 2.10. The summed E-state index contributed by atoms with van der Waals surface area (Å²) >= 11 is 6.06. The molecular weight excluding hydrogens is 318 g/mol. The van der Waals surface area contributed by atoms with Crippen LogP contribution in [0.1, 0.15) is 29.4 Å². The molecule has 1 aliphatic heterocycles. The number of nitrogens with zero attached hydrogens (tertiary/aromatic N) is 1. The van der Waals surface area contributed by atoms with Gasteiger partial charge in [-0.05, 0) is 53.8 Å². The van der Waals surface area contributed by atoms with Crippen LogP contribution in [-0.2, 0) is 4.74 Å². The first-order chi connectivity index (χ1) is 11.8. The molecule has 2 nitrogen and oxygen atoms in total. The minimum atomic E-state index is 0.320. The molecule has 1 saturated carbocycles. The molecule has 1 saturated heterocycles. The average Bonchev–Trinajstić information content (AvgIpc) is 2.54. The molecule has 0 N–H and O–H groups in total. The normalized spacial score (nSPS) is 24.5. The molecule has 120 valence electrons. The van der Waals surface area contributed by atoms with Crippen molar-refractivity contribution < 1.29 is 4.74 Å². The van der Waals surface area contributed by atoms with Gasteiger partial charge in [0.05, 0.1) is 18.7 Å². The van der Waals surface area contributed by atoms with E-state index in [-0.39, 0.29) is 0 Å². The van der Waals surface area contributed by atoms with E-state index in [4.69, 9.17) is 16.3 Å². The number of aromatic nitrogens is 1. The standard InChI is InChI=1S/C21H18ClNO/c22-17-6-3-14(4-7-17)18-11-21(12-24-13-21)20(18)16-5-8-19-15(10-16)2-1-9-23-19/h1-10,18,20H,11-13H2. The van der Waals surface area contributed by atoms with Gasteiger partial charge in [-0.1, -0.05) is 35.9 Å². The van der Waals surface area contributed by atoms with Crippen LogP contribution >= 0.6 is 11.6 Å². The quantitative estimate of drug-likeness (QED) is 0.644. The molecule has 3 heteroatoms. The van der Waals surface area contributed by atoms with E-state index in [1.165, 1.54) is 22.9 Å². The fourth-order valence-corrected chi connectivity index (χ4v) is 4.63. The summed E-state index contributed by atoms with van der Waals surface area (Å²) in [6.07, 6.45) is 3.05. The van der Waals surface area contributed by atoms with E-state index in [1.54, 1.807) is 0 Å². The first-order valence-electron chi connectivity index (χ1n) is 8.43. The Morgan fingerprint density at radius 1 is 1.00 bits per heavy atom. The van der Waals surface area contributed by atoms with Crippen LogP contribution in [0.2, 0.25) is 5.02 Å². The molecule has 2 atom stereocenters. The molecule has 24 heavy (non-hydrogen) atoms. The smallest absolute Gasteiger partial charge is 0.0702 e. The van der Waals surface area contributed by atoms with E-state index in [2.05, 4.69) is 41.4 Å². The molecule has 1 spiro atoms. The zero-order valence-electron chi connectivity index (χ0n) is 13.3. The van der Waals surface area contributed by atoms with E-state index in [9.17, 15) is 0 Å². The lowest BCUT2D eigenvalue weighted by Crippen LogP contribution is -2.57. The number of ether oxygens (including phenoxy) is 1. The van der Waals surface area contributed by atoms with Crippen LogP contribution in [0, 0.1) is 5.41 Å². The van der Waals surface area contributed by atoms with Crippen molar-refractivity contribution in [1.29, 1.82) is 0 Å². The minimum Gasteiger partial charge on any atom is -0.380 e. The zero-order chi connectivity index (χ0) is 16.1. The van der Waals surface area contributed by atoms with E-state index in [1.807, 2.05) is 24.4 Å². The van der Waals surface area contributed by atoms with Gasteiger partial charge in [-0.25, -0.2) is 0 Å². The Labute approximate surface area is 146 Å². The Bertz CT molecular complexity index is 901. The summed E-state index contributed by atoms with van der Waals surface area (Å²) in [4.78, 5) is 4.44. The number of hydrogen-bond acceptors (Lipinski definition) is 2. The molecular formula is C21H18ClNO. The summed E-state index contributed by atoms with van der Waals surface area (Å²) in [5.41, 5.74) is 4.17. The first kappa shape index (κ1) is 14.4. The van der Waals surface area contributed by atoms with Crippen LogP contribution < -0.4 is 0 Å². The fraction of sp³-hybridized carbons (Fsp3) is 0.286. The highest BCUT2D eigenvalue weighted by Gasteiger charge is 2.58. The van der Waals surface area contributed by atoms with Crippen molar-refractivity contribution in [3.63, 3.8) is 0 Å². The molecule has 1 aliphatic carbocycles. The monoisotopic (exact) mass is 335 g/mol. The van der Waals surface area contributed by atoms with E-state index < -0.39 is 0 Å². The molecule has 1 aromatic heterocycles. The van der Waals surface area contributed by atoms with Crippen LogP contribution in [-0.4, -0.2) is 18.2 Å². The third-order valence-electron chi connectivity index (χ3n) is 5.75. The van der Waals surface area contributed by atoms with Gasteiger partial charge >= 0.3 is 0 Å². The van der Waals surface area contributed by atoms with Crippen molar-refractivity contribution in [3.8, 4) is 0 Å². The fourth-order valence-electron chi connectivity index (χ4n) is 4.50. The predicted octanol–water partition coefficient (Wildman–Crippen LogP) is 5.18. The van der Waals surface area contributed by atoms with Crippen molar-refractivity contribution in [1.82, 2.24) is 4.98 Å².